The minimum absolute atomic E-state index is 0.176. The van der Waals surface area contributed by atoms with Crippen molar-refractivity contribution in [3.05, 3.63) is 23.2 Å². The maximum absolute atomic E-state index is 12.3. The first kappa shape index (κ1) is 13.7. The standard InChI is InChI=1S/C13H18ClNO2S/c14-12-7-6-11(15)8-13(12)18(16,17)9-10-4-2-1-3-5-10/h6-8,10H,1-5,9,15H2. The lowest BCUT2D eigenvalue weighted by Gasteiger charge is -2.21. The number of rotatable bonds is 3. The molecule has 0 unspecified atom stereocenters. The molecule has 100 valence electrons. The van der Waals surface area contributed by atoms with Crippen molar-refractivity contribution >= 4 is 27.1 Å². The van der Waals surface area contributed by atoms with Gasteiger partial charge in [-0.15, -0.1) is 0 Å². The van der Waals surface area contributed by atoms with E-state index in [0.29, 0.717) is 5.69 Å². The molecular formula is C13H18ClNO2S. The summed E-state index contributed by atoms with van der Waals surface area (Å²) in [4.78, 5) is 0.176. The normalized spacial score (nSPS) is 17.8. The molecule has 0 heterocycles. The van der Waals surface area contributed by atoms with Crippen LogP contribution in [0.5, 0.6) is 0 Å². The van der Waals surface area contributed by atoms with E-state index in [1.54, 1.807) is 12.1 Å². The summed E-state index contributed by atoms with van der Waals surface area (Å²) in [5.41, 5.74) is 6.07. The third-order valence-corrected chi connectivity index (χ3v) is 5.83. The van der Waals surface area contributed by atoms with Gasteiger partial charge < -0.3 is 5.73 Å². The van der Waals surface area contributed by atoms with E-state index in [2.05, 4.69) is 0 Å². The fraction of sp³-hybridized carbons (Fsp3) is 0.538. The average molecular weight is 288 g/mol. The summed E-state index contributed by atoms with van der Waals surface area (Å²) in [6.07, 6.45) is 5.48. The summed E-state index contributed by atoms with van der Waals surface area (Å²) in [5.74, 6) is 0.456. The van der Waals surface area contributed by atoms with E-state index in [-0.39, 0.29) is 21.6 Å². The SMILES string of the molecule is Nc1ccc(Cl)c(S(=O)(=O)CC2CCCCC2)c1. The van der Waals surface area contributed by atoms with Gasteiger partial charge in [-0.05, 0) is 37.0 Å². The van der Waals surface area contributed by atoms with Crippen molar-refractivity contribution in [2.24, 2.45) is 5.92 Å². The Balaban J connectivity index is 2.21. The first-order valence-corrected chi connectivity index (χ1v) is 8.30. The van der Waals surface area contributed by atoms with Gasteiger partial charge in [0.25, 0.3) is 0 Å². The predicted molar refractivity (Wildman–Crippen MR) is 74.5 cm³/mol. The van der Waals surface area contributed by atoms with Gasteiger partial charge >= 0.3 is 0 Å². The molecule has 2 N–H and O–H groups in total. The van der Waals surface area contributed by atoms with E-state index in [0.717, 1.165) is 25.7 Å². The number of sulfone groups is 1. The Labute approximate surface area is 113 Å². The van der Waals surface area contributed by atoms with Crippen molar-refractivity contribution in [3.63, 3.8) is 0 Å². The van der Waals surface area contributed by atoms with Crippen LogP contribution in [0.2, 0.25) is 5.02 Å². The van der Waals surface area contributed by atoms with Gasteiger partial charge in [-0.1, -0.05) is 30.9 Å². The Morgan fingerprint density at radius 2 is 1.89 bits per heavy atom. The lowest BCUT2D eigenvalue weighted by atomic mass is 9.91. The first-order chi connectivity index (χ1) is 8.49. The lowest BCUT2D eigenvalue weighted by molar-refractivity contribution is 0.385. The third kappa shape index (κ3) is 3.18. The van der Waals surface area contributed by atoms with Gasteiger partial charge in [0.05, 0.1) is 15.7 Å². The number of nitrogen functional groups attached to an aromatic ring is 1. The minimum atomic E-state index is -3.33. The third-order valence-electron chi connectivity index (χ3n) is 3.47. The van der Waals surface area contributed by atoms with Crippen LogP contribution in [0.3, 0.4) is 0 Å². The smallest absolute Gasteiger partial charge is 0.180 e. The molecule has 1 aromatic rings. The Morgan fingerprint density at radius 1 is 1.22 bits per heavy atom. The molecule has 1 aliphatic carbocycles. The van der Waals surface area contributed by atoms with Gasteiger partial charge in [0.1, 0.15) is 0 Å². The fourth-order valence-corrected chi connectivity index (χ4v) is 4.80. The number of halogens is 1. The second kappa shape index (κ2) is 5.49. The summed E-state index contributed by atoms with van der Waals surface area (Å²) >= 11 is 5.96. The fourth-order valence-electron chi connectivity index (χ4n) is 2.51. The van der Waals surface area contributed by atoms with Crippen LogP contribution in [0.1, 0.15) is 32.1 Å². The van der Waals surface area contributed by atoms with Crippen LogP contribution in [0.25, 0.3) is 0 Å². The van der Waals surface area contributed by atoms with Gasteiger partial charge in [0.2, 0.25) is 0 Å². The molecule has 2 rings (SSSR count). The van der Waals surface area contributed by atoms with Gasteiger partial charge in [-0.2, -0.15) is 0 Å². The highest BCUT2D eigenvalue weighted by Gasteiger charge is 2.24. The molecule has 0 amide bonds. The molecule has 0 atom stereocenters. The quantitative estimate of drug-likeness (QED) is 0.868. The highest BCUT2D eigenvalue weighted by atomic mass is 35.5. The molecule has 5 heteroatoms. The summed E-state index contributed by atoms with van der Waals surface area (Å²) in [6.45, 7) is 0. The second-order valence-electron chi connectivity index (χ2n) is 4.98. The van der Waals surface area contributed by atoms with Gasteiger partial charge in [0.15, 0.2) is 9.84 Å². The van der Waals surface area contributed by atoms with Crippen molar-refractivity contribution in [1.82, 2.24) is 0 Å². The molecule has 0 radical (unpaired) electrons. The average Bonchev–Trinajstić information content (AvgIpc) is 2.33. The van der Waals surface area contributed by atoms with Crippen molar-refractivity contribution in [3.8, 4) is 0 Å². The number of hydrogen-bond acceptors (Lipinski definition) is 3. The van der Waals surface area contributed by atoms with E-state index in [4.69, 9.17) is 17.3 Å². The van der Waals surface area contributed by atoms with Crippen LogP contribution in [0.4, 0.5) is 5.69 Å². The van der Waals surface area contributed by atoms with Crippen LogP contribution in [-0.2, 0) is 9.84 Å². The molecule has 3 nitrogen and oxygen atoms in total. The topological polar surface area (TPSA) is 60.2 Å². The van der Waals surface area contributed by atoms with E-state index >= 15 is 0 Å². The van der Waals surface area contributed by atoms with Gasteiger partial charge in [-0.25, -0.2) is 8.42 Å². The zero-order valence-electron chi connectivity index (χ0n) is 10.2. The maximum atomic E-state index is 12.3. The second-order valence-corrected chi connectivity index (χ2v) is 7.39. The van der Waals surface area contributed by atoms with Gasteiger partial charge in [0, 0.05) is 5.69 Å². The maximum Gasteiger partial charge on any atom is 0.180 e. The number of benzene rings is 1. The summed E-state index contributed by atoms with van der Waals surface area (Å²) in [5, 5.41) is 0.264. The van der Waals surface area contributed by atoms with Crippen molar-refractivity contribution < 1.29 is 8.42 Å². The van der Waals surface area contributed by atoms with Crippen molar-refractivity contribution in [1.29, 1.82) is 0 Å². The summed E-state index contributed by atoms with van der Waals surface area (Å²) in [6, 6.07) is 4.62. The van der Waals surface area contributed by atoms with Gasteiger partial charge in [-0.3, -0.25) is 0 Å². The van der Waals surface area contributed by atoms with Crippen LogP contribution in [-0.4, -0.2) is 14.2 Å². The van der Waals surface area contributed by atoms with Crippen molar-refractivity contribution in [2.75, 3.05) is 11.5 Å². The molecule has 1 saturated carbocycles. The Hall–Kier alpha value is -0.740. The minimum Gasteiger partial charge on any atom is -0.399 e. The number of anilines is 1. The van der Waals surface area contributed by atoms with E-state index in [9.17, 15) is 8.42 Å². The number of nitrogens with two attached hydrogens (primary N) is 1. The largest absolute Gasteiger partial charge is 0.399 e. The molecule has 1 fully saturated rings. The Kier molecular flexibility index (Phi) is 4.17. The predicted octanol–water partition coefficient (Wildman–Crippen LogP) is 3.28. The summed E-state index contributed by atoms with van der Waals surface area (Å²) < 4.78 is 24.7. The molecule has 18 heavy (non-hydrogen) atoms. The number of hydrogen-bond donors (Lipinski definition) is 1. The van der Waals surface area contributed by atoms with Crippen LogP contribution in [0.15, 0.2) is 23.1 Å². The van der Waals surface area contributed by atoms with E-state index in [1.807, 2.05) is 0 Å². The molecule has 0 spiro atoms. The summed E-state index contributed by atoms with van der Waals surface area (Å²) in [7, 11) is -3.33. The molecular weight excluding hydrogens is 270 g/mol. The molecule has 1 aromatic carbocycles. The zero-order valence-corrected chi connectivity index (χ0v) is 11.8. The molecule has 1 aliphatic rings. The molecule has 0 aliphatic heterocycles. The van der Waals surface area contributed by atoms with E-state index in [1.165, 1.54) is 12.5 Å². The van der Waals surface area contributed by atoms with Crippen LogP contribution in [0, 0.1) is 5.92 Å². The first-order valence-electron chi connectivity index (χ1n) is 6.27. The molecule has 0 bridgehead atoms. The zero-order chi connectivity index (χ0) is 13.2. The Bertz CT molecular complexity index is 522. The lowest BCUT2D eigenvalue weighted by Crippen LogP contribution is -2.19. The van der Waals surface area contributed by atoms with Crippen molar-refractivity contribution in [2.45, 2.75) is 37.0 Å². The van der Waals surface area contributed by atoms with Crippen LogP contribution < -0.4 is 5.73 Å². The molecule has 0 saturated heterocycles. The highest BCUT2D eigenvalue weighted by molar-refractivity contribution is 7.91. The monoisotopic (exact) mass is 287 g/mol. The molecule has 0 aromatic heterocycles. The highest BCUT2D eigenvalue weighted by Crippen LogP contribution is 2.30. The van der Waals surface area contributed by atoms with E-state index < -0.39 is 9.84 Å². The van der Waals surface area contributed by atoms with Crippen LogP contribution >= 0.6 is 11.6 Å². The Morgan fingerprint density at radius 3 is 2.56 bits per heavy atom.